The summed E-state index contributed by atoms with van der Waals surface area (Å²) in [6.07, 6.45) is 0. The Morgan fingerprint density at radius 3 is 2.79 bits per heavy atom. The van der Waals surface area contributed by atoms with Crippen LogP contribution < -0.4 is 4.74 Å². The van der Waals surface area contributed by atoms with Crippen LogP contribution in [0.3, 0.4) is 0 Å². The van der Waals surface area contributed by atoms with E-state index < -0.39 is 5.97 Å². The van der Waals surface area contributed by atoms with Crippen LogP contribution in [0, 0.1) is 6.92 Å². The highest BCUT2D eigenvalue weighted by Gasteiger charge is 2.17. The monoisotopic (exact) mass is 324 g/mol. The van der Waals surface area contributed by atoms with Gasteiger partial charge in [-0.25, -0.2) is 4.79 Å². The molecule has 2 rings (SSSR count). The zero-order valence-corrected chi connectivity index (χ0v) is 12.1. The fraction of sp³-hybridized carbons (Fsp3) is 0.231. The summed E-state index contributed by atoms with van der Waals surface area (Å²) in [5, 5.41) is 15.5. The van der Waals surface area contributed by atoms with E-state index in [1.54, 1.807) is 0 Å². The molecule has 0 atom stereocenters. The van der Waals surface area contributed by atoms with Crippen molar-refractivity contribution in [3.05, 3.63) is 33.9 Å². The maximum Gasteiger partial charge on any atom is 0.355 e. The normalized spacial score (nSPS) is 10.5. The molecule has 0 saturated heterocycles. The van der Waals surface area contributed by atoms with Crippen LogP contribution in [0.4, 0.5) is 0 Å². The molecule has 0 radical (unpaired) electrons. The molecule has 5 nitrogen and oxygen atoms in total. The summed E-state index contributed by atoms with van der Waals surface area (Å²) >= 11 is 3.26. The van der Waals surface area contributed by atoms with Gasteiger partial charge >= 0.3 is 5.97 Å². The van der Waals surface area contributed by atoms with Crippen molar-refractivity contribution in [3.8, 4) is 17.0 Å². The van der Waals surface area contributed by atoms with E-state index in [0.29, 0.717) is 16.8 Å². The topological polar surface area (TPSA) is 75.2 Å². The van der Waals surface area contributed by atoms with E-state index >= 15 is 0 Å². The maximum atomic E-state index is 11.0. The molecule has 1 aromatic carbocycles. The number of nitrogens with zero attached hydrogens (tertiary/aromatic N) is 1. The minimum absolute atomic E-state index is 0.0431. The summed E-state index contributed by atoms with van der Waals surface area (Å²) in [4.78, 5) is 11.0. The molecule has 0 aliphatic carbocycles. The molecule has 0 unspecified atom stereocenters. The van der Waals surface area contributed by atoms with Gasteiger partial charge < -0.3 is 9.84 Å². The number of carboxylic acid groups (broad SMARTS) is 1. The summed E-state index contributed by atoms with van der Waals surface area (Å²) in [5.41, 5.74) is 2.42. The van der Waals surface area contributed by atoms with E-state index in [2.05, 4.69) is 26.1 Å². The van der Waals surface area contributed by atoms with E-state index in [-0.39, 0.29) is 5.69 Å². The van der Waals surface area contributed by atoms with Crippen molar-refractivity contribution in [1.82, 2.24) is 10.2 Å². The largest absolute Gasteiger partial charge is 0.494 e. The number of nitrogens with one attached hydrogen (secondary N) is 1. The van der Waals surface area contributed by atoms with Crippen LogP contribution in [-0.4, -0.2) is 27.9 Å². The van der Waals surface area contributed by atoms with Crippen molar-refractivity contribution in [3.63, 3.8) is 0 Å². The SMILES string of the molecule is CCOc1ccc(-c2n[nH]c(C(=O)O)c2Br)cc1C. The van der Waals surface area contributed by atoms with Gasteiger partial charge in [-0.2, -0.15) is 5.10 Å². The molecule has 0 fully saturated rings. The predicted molar refractivity (Wildman–Crippen MR) is 74.6 cm³/mol. The van der Waals surface area contributed by atoms with Crippen molar-refractivity contribution in [2.24, 2.45) is 0 Å². The number of carboxylic acids is 1. The van der Waals surface area contributed by atoms with Crippen molar-refractivity contribution in [1.29, 1.82) is 0 Å². The molecule has 0 amide bonds. The number of hydrogen-bond acceptors (Lipinski definition) is 3. The average molecular weight is 325 g/mol. The van der Waals surface area contributed by atoms with Crippen LogP contribution in [0.2, 0.25) is 0 Å². The minimum atomic E-state index is -1.05. The molecule has 0 aliphatic rings. The van der Waals surface area contributed by atoms with Gasteiger partial charge in [-0.1, -0.05) is 0 Å². The lowest BCUT2D eigenvalue weighted by molar-refractivity contribution is 0.0689. The highest BCUT2D eigenvalue weighted by Crippen LogP contribution is 2.31. The lowest BCUT2D eigenvalue weighted by Gasteiger charge is -2.08. The second-order valence-corrected chi connectivity index (χ2v) is 4.77. The van der Waals surface area contributed by atoms with Crippen LogP contribution in [0.25, 0.3) is 11.3 Å². The molecule has 2 N–H and O–H groups in total. The highest BCUT2D eigenvalue weighted by atomic mass is 79.9. The first-order valence-electron chi connectivity index (χ1n) is 5.75. The summed E-state index contributed by atoms with van der Waals surface area (Å²) < 4.78 is 5.91. The zero-order chi connectivity index (χ0) is 14.0. The number of benzene rings is 1. The molecule has 100 valence electrons. The van der Waals surface area contributed by atoms with Gasteiger partial charge in [0.25, 0.3) is 0 Å². The Balaban J connectivity index is 2.42. The van der Waals surface area contributed by atoms with Crippen LogP contribution in [0.15, 0.2) is 22.7 Å². The third kappa shape index (κ3) is 2.63. The lowest BCUT2D eigenvalue weighted by atomic mass is 10.1. The number of aromatic carboxylic acids is 1. The van der Waals surface area contributed by atoms with Crippen LogP contribution >= 0.6 is 15.9 Å². The van der Waals surface area contributed by atoms with Gasteiger partial charge in [0.1, 0.15) is 11.4 Å². The van der Waals surface area contributed by atoms with Gasteiger partial charge in [0.2, 0.25) is 0 Å². The van der Waals surface area contributed by atoms with Crippen molar-refractivity contribution < 1.29 is 14.6 Å². The molecular weight excluding hydrogens is 312 g/mol. The number of H-pyrrole nitrogens is 1. The van der Waals surface area contributed by atoms with E-state index in [1.807, 2.05) is 32.0 Å². The molecular formula is C13H13BrN2O3. The van der Waals surface area contributed by atoms with Gasteiger partial charge in [0.05, 0.1) is 11.1 Å². The molecule has 19 heavy (non-hydrogen) atoms. The number of aromatic amines is 1. The van der Waals surface area contributed by atoms with Crippen LogP contribution in [0.1, 0.15) is 23.0 Å². The number of halogens is 1. The van der Waals surface area contributed by atoms with E-state index in [9.17, 15) is 4.79 Å². The molecule has 1 heterocycles. The summed E-state index contributed by atoms with van der Waals surface area (Å²) in [5.74, 6) is -0.232. The second-order valence-electron chi connectivity index (χ2n) is 3.98. The van der Waals surface area contributed by atoms with Crippen LogP contribution in [0.5, 0.6) is 5.75 Å². The Labute approximate surface area is 118 Å². The van der Waals surface area contributed by atoms with Gasteiger partial charge in [-0.3, -0.25) is 5.10 Å². The number of hydrogen-bond donors (Lipinski definition) is 2. The molecule has 0 spiro atoms. The fourth-order valence-electron chi connectivity index (χ4n) is 1.78. The Bertz CT molecular complexity index is 622. The van der Waals surface area contributed by atoms with Gasteiger partial charge in [0, 0.05) is 5.56 Å². The number of aryl methyl sites for hydroxylation is 1. The number of rotatable bonds is 4. The zero-order valence-electron chi connectivity index (χ0n) is 10.5. The maximum absolute atomic E-state index is 11.0. The predicted octanol–water partition coefficient (Wildman–Crippen LogP) is 3.24. The smallest absolute Gasteiger partial charge is 0.355 e. The number of carbonyl (C=O) groups is 1. The molecule has 1 aromatic heterocycles. The summed E-state index contributed by atoms with van der Waals surface area (Å²) in [6.45, 7) is 4.47. The first kappa shape index (κ1) is 13.6. The van der Waals surface area contributed by atoms with Crippen molar-refractivity contribution >= 4 is 21.9 Å². The molecule has 2 aromatic rings. The first-order chi connectivity index (χ1) is 9.04. The Morgan fingerprint density at radius 2 is 2.26 bits per heavy atom. The molecule has 0 saturated carbocycles. The summed E-state index contributed by atoms with van der Waals surface area (Å²) in [6, 6.07) is 5.62. The summed E-state index contributed by atoms with van der Waals surface area (Å²) in [7, 11) is 0. The minimum Gasteiger partial charge on any atom is -0.494 e. The lowest BCUT2D eigenvalue weighted by Crippen LogP contribution is -1.97. The number of aromatic nitrogens is 2. The highest BCUT2D eigenvalue weighted by molar-refractivity contribution is 9.10. The second kappa shape index (κ2) is 5.44. The van der Waals surface area contributed by atoms with Crippen molar-refractivity contribution in [2.75, 3.05) is 6.61 Å². The van der Waals surface area contributed by atoms with Gasteiger partial charge in [-0.05, 0) is 53.5 Å². The third-order valence-electron chi connectivity index (χ3n) is 2.67. The molecule has 0 bridgehead atoms. The Morgan fingerprint density at radius 1 is 1.53 bits per heavy atom. The van der Waals surface area contributed by atoms with Crippen molar-refractivity contribution in [2.45, 2.75) is 13.8 Å². The standard InChI is InChI=1S/C13H13BrN2O3/c1-3-19-9-5-4-8(6-7(9)2)11-10(14)12(13(17)18)16-15-11/h4-6H,3H2,1-2H3,(H,15,16)(H,17,18). The average Bonchev–Trinajstić information content (AvgIpc) is 2.74. The van der Waals surface area contributed by atoms with E-state index in [0.717, 1.165) is 16.9 Å². The Hall–Kier alpha value is -1.82. The van der Waals surface area contributed by atoms with E-state index in [4.69, 9.17) is 9.84 Å². The van der Waals surface area contributed by atoms with Gasteiger partial charge in [0.15, 0.2) is 5.69 Å². The molecule has 0 aliphatic heterocycles. The number of ether oxygens (including phenoxy) is 1. The molecule has 6 heteroatoms. The fourth-order valence-corrected chi connectivity index (χ4v) is 2.35. The van der Waals surface area contributed by atoms with Crippen LogP contribution in [-0.2, 0) is 0 Å². The first-order valence-corrected chi connectivity index (χ1v) is 6.54. The van der Waals surface area contributed by atoms with E-state index in [1.165, 1.54) is 0 Å². The Kier molecular flexibility index (Phi) is 3.90. The quantitative estimate of drug-likeness (QED) is 0.905. The van der Waals surface area contributed by atoms with Gasteiger partial charge in [-0.15, -0.1) is 0 Å². The third-order valence-corrected chi connectivity index (χ3v) is 3.44.